The summed E-state index contributed by atoms with van der Waals surface area (Å²) in [5.74, 6) is -0.296. The van der Waals surface area contributed by atoms with E-state index in [1.54, 1.807) is 24.3 Å². The van der Waals surface area contributed by atoms with Gasteiger partial charge in [0.1, 0.15) is 0 Å². The van der Waals surface area contributed by atoms with E-state index in [-0.39, 0.29) is 28.3 Å². The number of nitrogens with two attached hydrogens (primary N) is 1. The SMILES string of the molecule is CC(=O)c1c(-c2ccccc2)c(N)c(-c2ccccc2-c2ccccc2)c([N+](=O)[O-])c1-c1ccccc1. The van der Waals surface area contributed by atoms with Crippen LogP contribution in [0, 0.1) is 10.1 Å². The van der Waals surface area contributed by atoms with Crippen LogP contribution in [-0.2, 0) is 0 Å². The number of nitro benzene ring substituents is 1. The molecule has 180 valence electrons. The summed E-state index contributed by atoms with van der Waals surface area (Å²) in [6, 6.07) is 35.5. The number of carbonyl (C=O) groups excluding carboxylic acids is 1. The maximum Gasteiger partial charge on any atom is 0.287 e. The quantitative estimate of drug-likeness (QED) is 0.114. The largest absolute Gasteiger partial charge is 0.397 e. The van der Waals surface area contributed by atoms with Crippen LogP contribution < -0.4 is 5.73 Å². The van der Waals surface area contributed by atoms with Gasteiger partial charge in [-0.25, -0.2) is 0 Å². The van der Waals surface area contributed by atoms with Crippen LogP contribution >= 0.6 is 0 Å². The number of nitro groups is 1. The summed E-state index contributed by atoms with van der Waals surface area (Å²) in [6.07, 6.45) is 0. The standard InChI is InChI=1S/C32H24N2O3/c1-21(35)27-28(23-15-7-3-8-16-23)31(33)30(32(34(36)37)29(27)24-17-9-4-10-18-24)26-20-12-11-19-25(26)22-13-5-2-6-14-22/h2-20H,33H2,1H3. The highest BCUT2D eigenvalue weighted by molar-refractivity contribution is 6.16. The van der Waals surface area contributed by atoms with Gasteiger partial charge in [-0.2, -0.15) is 0 Å². The average molecular weight is 485 g/mol. The molecular weight excluding hydrogens is 460 g/mol. The van der Waals surface area contributed by atoms with Gasteiger partial charge in [0.2, 0.25) is 0 Å². The van der Waals surface area contributed by atoms with Crippen LogP contribution in [0.5, 0.6) is 0 Å². The van der Waals surface area contributed by atoms with Crippen molar-refractivity contribution >= 4 is 17.2 Å². The van der Waals surface area contributed by atoms with Crippen molar-refractivity contribution in [3.05, 3.63) is 131 Å². The van der Waals surface area contributed by atoms with Gasteiger partial charge in [0.15, 0.2) is 5.78 Å². The van der Waals surface area contributed by atoms with E-state index in [0.29, 0.717) is 22.3 Å². The van der Waals surface area contributed by atoms with Gasteiger partial charge in [-0.3, -0.25) is 14.9 Å². The maximum atomic E-state index is 13.2. The molecule has 0 spiro atoms. The first-order chi connectivity index (χ1) is 18.0. The lowest BCUT2D eigenvalue weighted by atomic mass is 9.81. The zero-order valence-corrected chi connectivity index (χ0v) is 20.2. The second kappa shape index (κ2) is 9.91. The number of hydrogen-bond donors (Lipinski definition) is 1. The number of nitrogens with zero attached hydrogens (tertiary/aromatic N) is 1. The first-order valence-electron chi connectivity index (χ1n) is 11.9. The highest BCUT2D eigenvalue weighted by atomic mass is 16.6. The maximum absolute atomic E-state index is 13.2. The van der Waals surface area contributed by atoms with Crippen molar-refractivity contribution in [1.82, 2.24) is 0 Å². The van der Waals surface area contributed by atoms with Crippen LogP contribution in [0.15, 0.2) is 115 Å². The Morgan fingerprint density at radius 1 is 0.622 bits per heavy atom. The molecule has 0 radical (unpaired) electrons. The predicted octanol–water partition coefficient (Wildman–Crippen LogP) is 8.05. The molecule has 0 aliphatic heterocycles. The van der Waals surface area contributed by atoms with E-state index in [2.05, 4.69) is 0 Å². The van der Waals surface area contributed by atoms with Gasteiger partial charge in [-0.15, -0.1) is 0 Å². The van der Waals surface area contributed by atoms with Crippen molar-refractivity contribution < 1.29 is 9.72 Å². The topological polar surface area (TPSA) is 86.2 Å². The molecule has 5 aromatic carbocycles. The third kappa shape index (κ3) is 4.28. The number of Topliss-reactive ketones (excluding diaryl/α,β-unsaturated/α-hetero) is 1. The molecule has 5 nitrogen and oxygen atoms in total. The van der Waals surface area contributed by atoms with E-state index in [0.717, 1.165) is 16.7 Å². The fourth-order valence-electron chi connectivity index (χ4n) is 4.92. The molecule has 0 saturated heterocycles. The minimum Gasteiger partial charge on any atom is -0.397 e. The molecule has 5 heteroatoms. The van der Waals surface area contributed by atoms with Crippen LogP contribution in [0.2, 0.25) is 0 Å². The van der Waals surface area contributed by atoms with E-state index in [1.165, 1.54) is 6.92 Å². The van der Waals surface area contributed by atoms with Gasteiger partial charge in [-0.1, -0.05) is 115 Å². The lowest BCUT2D eigenvalue weighted by Crippen LogP contribution is -2.10. The Morgan fingerprint density at radius 2 is 1.05 bits per heavy atom. The molecule has 0 aromatic heterocycles. The highest BCUT2D eigenvalue weighted by Crippen LogP contribution is 2.52. The van der Waals surface area contributed by atoms with Crippen molar-refractivity contribution in [3.63, 3.8) is 0 Å². The molecule has 0 aliphatic carbocycles. The fraction of sp³-hybridized carbons (Fsp3) is 0.0312. The smallest absolute Gasteiger partial charge is 0.287 e. The van der Waals surface area contributed by atoms with Crippen LogP contribution in [-0.4, -0.2) is 10.7 Å². The molecule has 0 bridgehead atoms. The summed E-state index contributed by atoms with van der Waals surface area (Å²) in [7, 11) is 0. The van der Waals surface area contributed by atoms with Crippen LogP contribution in [0.3, 0.4) is 0 Å². The number of hydrogen-bond acceptors (Lipinski definition) is 4. The van der Waals surface area contributed by atoms with E-state index in [9.17, 15) is 14.9 Å². The predicted molar refractivity (Wildman–Crippen MR) is 149 cm³/mol. The van der Waals surface area contributed by atoms with Crippen molar-refractivity contribution in [2.45, 2.75) is 6.92 Å². The Kier molecular flexibility index (Phi) is 6.35. The van der Waals surface area contributed by atoms with Gasteiger partial charge < -0.3 is 5.73 Å². The number of ketones is 1. The molecule has 0 saturated carbocycles. The Hall–Kier alpha value is -5.03. The Labute approximate surface area is 215 Å². The van der Waals surface area contributed by atoms with E-state index < -0.39 is 4.92 Å². The number of benzene rings is 5. The molecule has 2 N–H and O–H groups in total. The molecule has 0 amide bonds. The number of anilines is 1. The van der Waals surface area contributed by atoms with Crippen molar-refractivity contribution in [2.24, 2.45) is 0 Å². The third-order valence-corrected chi connectivity index (χ3v) is 6.45. The van der Waals surface area contributed by atoms with E-state index >= 15 is 0 Å². The molecule has 5 aromatic rings. The van der Waals surface area contributed by atoms with Crippen LogP contribution in [0.4, 0.5) is 11.4 Å². The van der Waals surface area contributed by atoms with Gasteiger partial charge in [0.25, 0.3) is 5.69 Å². The average Bonchev–Trinajstić information content (AvgIpc) is 2.93. The summed E-state index contributed by atoms with van der Waals surface area (Å²) >= 11 is 0. The molecular formula is C32H24N2O3. The molecule has 0 fully saturated rings. The van der Waals surface area contributed by atoms with Crippen molar-refractivity contribution in [2.75, 3.05) is 5.73 Å². The summed E-state index contributed by atoms with van der Waals surface area (Å²) in [5, 5.41) is 12.9. The minimum atomic E-state index is -0.420. The lowest BCUT2D eigenvalue weighted by molar-refractivity contribution is -0.383. The Balaban J connectivity index is 2.02. The van der Waals surface area contributed by atoms with Gasteiger partial charge in [0.05, 0.1) is 21.7 Å². The first-order valence-corrected chi connectivity index (χ1v) is 11.9. The van der Waals surface area contributed by atoms with E-state index in [4.69, 9.17) is 5.73 Å². The number of carbonyl (C=O) groups is 1. The van der Waals surface area contributed by atoms with E-state index in [1.807, 2.05) is 91.0 Å². The number of rotatable bonds is 6. The molecule has 37 heavy (non-hydrogen) atoms. The van der Waals surface area contributed by atoms with Crippen LogP contribution in [0.1, 0.15) is 17.3 Å². The zero-order valence-electron chi connectivity index (χ0n) is 20.2. The molecule has 0 aliphatic rings. The summed E-state index contributed by atoms with van der Waals surface area (Å²) in [5.41, 5.74) is 11.8. The Bertz CT molecular complexity index is 1610. The van der Waals surface area contributed by atoms with Gasteiger partial charge in [0, 0.05) is 11.1 Å². The second-order valence-corrected chi connectivity index (χ2v) is 8.72. The molecule has 0 unspecified atom stereocenters. The minimum absolute atomic E-state index is 0.183. The molecule has 0 atom stereocenters. The summed E-state index contributed by atoms with van der Waals surface area (Å²) in [4.78, 5) is 25.6. The normalized spacial score (nSPS) is 10.7. The highest BCUT2D eigenvalue weighted by Gasteiger charge is 2.34. The summed E-state index contributed by atoms with van der Waals surface area (Å²) in [6.45, 7) is 1.43. The Morgan fingerprint density at radius 3 is 1.54 bits per heavy atom. The number of nitrogen functional groups attached to an aromatic ring is 1. The molecule has 5 rings (SSSR count). The fourth-order valence-corrected chi connectivity index (χ4v) is 4.92. The van der Waals surface area contributed by atoms with Crippen LogP contribution in [0.25, 0.3) is 44.5 Å². The molecule has 0 heterocycles. The lowest BCUT2D eigenvalue weighted by Gasteiger charge is -2.22. The van der Waals surface area contributed by atoms with Crippen molar-refractivity contribution in [3.8, 4) is 44.5 Å². The van der Waals surface area contributed by atoms with Crippen molar-refractivity contribution in [1.29, 1.82) is 0 Å². The summed E-state index contributed by atoms with van der Waals surface area (Å²) < 4.78 is 0. The zero-order chi connectivity index (χ0) is 25.9. The second-order valence-electron chi connectivity index (χ2n) is 8.72. The van der Waals surface area contributed by atoms with Gasteiger partial charge in [-0.05, 0) is 34.7 Å². The first kappa shape index (κ1) is 23.7. The van der Waals surface area contributed by atoms with Gasteiger partial charge >= 0.3 is 0 Å². The monoisotopic (exact) mass is 484 g/mol. The third-order valence-electron chi connectivity index (χ3n) is 6.45.